The molecule has 2 heterocycles. The Bertz CT molecular complexity index is 474. The molecule has 1 fully saturated rings. The molecule has 0 spiro atoms. The molecule has 5 nitrogen and oxygen atoms in total. The van der Waals surface area contributed by atoms with Gasteiger partial charge in [0, 0.05) is 12.7 Å². The molecule has 2 rings (SSSR count). The molecular formula is C10H14BrN3O2. The van der Waals surface area contributed by atoms with E-state index < -0.39 is 0 Å². The summed E-state index contributed by atoms with van der Waals surface area (Å²) in [5.41, 5.74) is -0.696. The maximum atomic E-state index is 11.5. The summed E-state index contributed by atoms with van der Waals surface area (Å²) in [6, 6.07) is 0. The summed E-state index contributed by atoms with van der Waals surface area (Å²) in [5, 5.41) is 3.28. The van der Waals surface area contributed by atoms with Crippen molar-refractivity contribution in [2.45, 2.75) is 19.4 Å². The molecule has 0 amide bonds. The smallest absolute Gasteiger partial charge is 0.317 e. The highest BCUT2D eigenvalue weighted by atomic mass is 79.9. The van der Waals surface area contributed by atoms with Gasteiger partial charge in [-0.25, -0.2) is 4.79 Å². The lowest BCUT2D eigenvalue weighted by molar-refractivity contribution is 0.327. The van der Waals surface area contributed by atoms with Crippen LogP contribution in [-0.2, 0) is 6.54 Å². The largest absolute Gasteiger partial charge is 0.328 e. The van der Waals surface area contributed by atoms with Gasteiger partial charge in [-0.1, -0.05) is 0 Å². The average molecular weight is 288 g/mol. The molecule has 0 saturated carbocycles. The molecule has 1 aromatic heterocycles. The summed E-state index contributed by atoms with van der Waals surface area (Å²) in [6.45, 7) is 2.68. The summed E-state index contributed by atoms with van der Waals surface area (Å²) in [7, 11) is 0. The predicted molar refractivity (Wildman–Crippen MR) is 64.6 cm³/mol. The van der Waals surface area contributed by atoms with Crippen molar-refractivity contribution in [2.24, 2.45) is 5.92 Å². The average Bonchev–Trinajstić information content (AvgIpc) is 2.27. The quantitative estimate of drug-likeness (QED) is 0.822. The van der Waals surface area contributed by atoms with Gasteiger partial charge >= 0.3 is 5.69 Å². The van der Waals surface area contributed by atoms with Crippen molar-refractivity contribution in [3.8, 4) is 0 Å². The lowest BCUT2D eigenvalue weighted by Gasteiger charge is -2.23. The van der Waals surface area contributed by atoms with Gasteiger partial charge in [0.15, 0.2) is 0 Å². The van der Waals surface area contributed by atoms with Gasteiger partial charge in [0.05, 0.1) is 4.47 Å². The van der Waals surface area contributed by atoms with Crippen LogP contribution in [0, 0.1) is 5.92 Å². The van der Waals surface area contributed by atoms with Crippen LogP contribution in [0.15, 0.2) is 20.3 Å². The molecule has 0 radical (unpaired) electrons. The molecule has 1 saturated heterocycles. The molecule has 0 aromatic carbocycles. The fraction of sp³-hybridized carbons (Fsp3) is 0.600. The molecule has 1 aromatic rings. The fourth-order valence-corrected chi connectivity index (χ4v) is 2.31. The van der Waals surface area contributed by atoms with E-state index in [2.05, 4.69) is 26.2 Å². The summed E-state index contributed by atoms with van der Waals surface area (Å²) >= 11 is 3.13. The first-order valence-corrected chi connectivity index (χ1v) is 6.16. The number of nitrogens with zero attached hydrogens (tertiary/aromatic N) is 1. The molecule has 16 heavy (non-hydrogen) atoms. The second-order valence-electron chi connectivity index (χ2n) is 4.08. The Hall–Kier alpha value is -0.880. The van der Waals surface area contributed by atoms with E-state index >= 15 is 0 Å². The van der Waals surface area contributed by atoms with Crippen molar-refractivity contribution in [1.82, 2.24) is 14.9 Å². The molecule has 1 aliphatic rings. The van der Waals surface area contributed by atoms with Crippen LogP contribution in [0.25, 0.3) is 0 Å². The zero-order valence-corrected chi connectivity index (χ0v) is 10.4. The highest BCUT2D eigenvalue weighted by Crippen LogP contribution is 2.13. The van der Waals surface area contributed by atoms with Gasteiger partial charge < -0.3 is 5.32 Å². The first-order valence-electron chi connectivity index (χ1n) is 5.37. The van der Waals surface area contributed by atoms with E-state index in [0.717, 1.165) is 25.9 Å². The zero-order valence-electron chi connectivity index (χ0n) is 8.83. The number of halogens is 1. The minimum atomic E-state index is -0.369. The summed E-state index contributed by atoms with van der Waals surface area (Å²) in [4.78, 5) is 25.0. The highest BCUT2D eigenvalue weighted by molar-refractivity contribution is 9.10. The first kappa shape index (κ1) is 11.6. The first-order chi connectivity index (χ1) is 7.66. The molecule has 0 aliphatic carbocycles. The van der Waals surface area contributed by atoms with Crippen LogP contribution in [0.4, 0.5) is 0 Å². The van der Waals surface area contributed by atoms with E-state index in [-0.39, 0.29) is 11.2 Å². The molecule has 0 atom stereocenters. The highest BCUT2D eigenvalue weighted by Gasteiger charge is 2.14. The minimum absolute atomic E-state index is 0.327. The van der Waals surface area contributed by atoms with Crippen LogP contribution in [0.1, 0.15) is 12.8 Å². The third-order valence-corrected chi connectivity index (χ3v) is 3.45. The maximum Gasteiger partial charge on any atom is 0.328 e. The third kappa shape index (κ3) is 2.62. The van der Waals surface area contributed by atoms with Crippen molar-refractivity contribution < 1.29 is 0 Å². The van der Waals surface area contributed by atoms with Crippen LogP contribution < -0.4 is 16.6 Å². The van der Waals surface area contributed by atoms with Gasteiger partial charge in [-0.15, -0.1) is 0 Å². The number of piperidine rings is 1. The van der Waals surface area contributed by atoms with Crippen molar-refractivity contribution >= 4 is 15.9 Å². The zero-order chi connectivity index (χ0) is 11.5. The van der Waals surface area contributed by atoms with Gasteiger partial charge in [-0.3, -0.25) is 14.3 Å². The predicted octanol–water partition coefficient (Wildman–Crippen LogP) is 0.299. The number of aromatic amines is 1. The van der Waals surface area contributed by atoms with Gasteiger partial charge in [-0.05, 0) is 47.8 Å². The SMILES string of the molecule is O=c1[nH]c(=O)n(CC2CCNCC2)cc1Br. The number of H-pyrrole nitrogens is 1. The van der Waals surface area contributed by atoms with Crippen LogP contribution >= 0.6 is 15.9 Å². The van der Waals surface area contributed by atoms with E-state index in [0.29, 0.717) is 16.9 Å². The monoisotopic (exact) mass is 287 g/mol. The Balaban J connectivity index is 2.17. The summed E-state index contributed by atoms with van der Waals surface area (Å²) in [5.74, 6) is 0.511. The molecule has 6 heteroatoms. The van der Waals surface area contributed by atoms with Gasteiger partial charge in [0.1, 0.15) is 0 Å². The molecular weight excluding hydrogens is 274 g/mol. The Morgan fingerprint density at radius 3 is 2.75 bits per heavy atom. The van der Waals surface area contributed by atoms with Crippen molar-refractivity contribution in [3.05, 3.63) is 31.5 Å². The minimum Gasteiger partial charge on any atom is -0.317 e. The van der Waals surface area contributed by atoms with E-state index in [1.54, 1.807) is 10.8 Å². The van der Waals surface area contributed by atoms with E-state index in [9.17, 15) is 9.59 Å². The van der Waals surface area contributed by atoms with Crippen LogP contribution in [0.5, 0.6) is 0 Å². The van der Waals surface area contributed by atoms with Crippen molar-refractivity contribution in [3.63, 3.8) is 0 Å². The van der Waals surface area contributed by atoms with Gasteiger partial charge in [-0.2, -0.15) is 0 Å². The molecule has 0 unspecified atom stereocenters. The standard InChI is InChI=1S/C10H14BrN3O2/c11-8-6-14(10(16)13-9(8)15)5-7-1-3-12-4-2-7/h6-7,12H,1-5H2,(H,13,15,16). The number of hydrogen-bond acceptors (Lipinski definition) is 3. The third-order valence-electron chi connectivity index (χ3n) is 2.88. The number of hydrogen-bond donors (Lipinski definition) is 2. The number of rotatable bonds is 2. The fourth-order valence-electron chi connectivity index (χ4n) is 1.96. The Kier molecular flexibility index (Phi) is 3.60. The van der Waals surface area contributed by atoms with Crippen molar-refractivity contribution in [2.75, 3.05) is 13.1 Å². The maximum absolute atomic E-state index is 11.5. The second kappa shape index (κ2) is 4.97. The molecule has 2 N–H and O–H groups in total. The Labute approximate surface area is 101 Å². The Morgan fingerprint density at radius 2 is 2.06 bits per heavy atom. The van der Waals surface area contributed by atoms with Gasteiger partial charge in [0.2, 0.25) is 0 Å². The lowest BCUT2D eigenvalue weighted by atomic mass is 9.98. The molecule has 1 aliphatic heterocycles. The van der Waals surface area contributed by atoms with E-state index in [1.807, 2.05) is 0 Å². The topological polar surface area (TPSA) is 66.9 Å². The van der Waals surface area contributed by atoms with Gasteiger partial charge in [0.25, 0.3) is 5.56 Å². The van der Waals surface area contributed by atoms with E-state index in [4.69, 9.17) is 0 Å². The second-order valence-corrected chi connectivity index (χ2v) is 4.94. The lowest BCUT2D eigenvalue weighted by Crippen LogP contribution is -2.35. The van der Waals surface area contributed by atoms with Crippen LogP contribution in [0.2, 0.25) is 0 Å². The van der Waals surface area contributed by atoms with E-state index in [1.165, 1.54) is 0 Å². The number of nitrogens with one attached hydrogen (secondary N) is 2. The number of aromatic nitrogens is 2. The van der Waals surface area contributed by atoms with Crippen molar-refractivity contribution in [1.29, 1.82) is 0 Å². The molecule has 88 valence electrons. The Morgan fingerprint density at radius 1 is 1.38 bits per heavy atom. The summed E-state index contributed by atoms with van der Waals surface area (Å²) in [6.07, 6.45) is 3.72. The normalized spacial score (nSPS) is 17.6. The van der Waals surface area contributed by atoms with Crippen LogP contribution in [-0.4, -0.2) is 22.6 Å². The van der Waals surface area contributed by atoms with Crippen LogP contribution in [0.3, 0.4) is 0 Å². The summed E-state index contributed by atoms with van der Waals surface area (Å²) < 4.78 is 1.97. The molecule has 0 bridgehead atoms.